The molecule has 0 spiro atoms. The van der Waals surface area contributed by atoms with Crippen LogP contribution in [0.25, 0.3) is 0 Å². The van der Waals surface area contributed by atoms with Crippen LogP contribution in [0.15, 0.2) is 30.5 Å². The van der Waals surface area contributed by atoms with Crippen LogP contribution in [0.2, 0.25) is 0 Å². The van der Waals surface area contributed by atoms with Gasteiger partial charge in [0, 0.05) is 22.9 Å². The zero-order chi connectivity index (χ0) is 17.4. The van der Waals surface area contributed by atoms with E-state index in [9.17, 15) is 9.90 Å². The van der Waals surface area contributed by atoms with Crippen molar-refractivity contribution in [3.05, 3.63) is 47.2 Å². The maximum Gasteiger partial charge on any atom is 0.256 e. The summed E-state index contributed by atoms with van der Waals surface area (Å²) >= 11 is 0. The molecular weight excluding hydrogens is 288 g/mol. The van der Waals surface area contributed by atoms with Crippen LogP contribution in [-0.4, -0.2) is 16.0 Å². The zero-order valence-electron chi connectivity index (χ0n) is 14.7. The van der Waals surface area contributed by atoms with Crippen molar-refractivity contribution in [2.45, 2.75) is 52.4 Å². The monoisotopic (exact) mass is 314 g/mol. The third-order valence-corrected chi connectivity index (χ3v) is 3.83. The molecule has 2 rings (SSSR count). The summed E-state index contributed by atoms with van der Waals surface area (Å²) < 4.78 is 0. The molecule has 3 N–H and O–H groups in total. The number of aromatic nitrogens is 1. The van der Waals surface area contributed by atoms with Crippen LogP contribution in [0.1, 0.15) is 63.0 Å². The third-order valence-electron chi connectivity index (χ3n) is 3.83. The molecule has 0 fully saturated rings. The van der Waals surface area contributed by atoms with Crippen LogP contribution in [0, 0.1) is 0 Å². The molecular formula is C19H26N2O2. The average Bonchev–Trinajstić information content (AvgIpc) is 2.88. The van der Waals surface area contributed by atoms with Crippen molar-refractivity contribution in [3.63, 3.8) is 0 Å². The van der Waals surface area contributed by atoms with E-state index in [1.165, 1.54) is 0 Å². The lowest BCUT2D eigenvalue weighted by atomic mass is 9.78. The summed E-state index contributed by atoms with van der Waals surface area (Å²) in [5.74, 6) is 0.738. The SMILES string of the molecule is CC(C)(C)c1cc(C(=O)Nc2ccc[nH]2)cc(C(C)(C)C)c1O. The first-order valence-corrected chi connectivity index (χ1v) is 7.83. The Morgan fingerprint density at radius 2 is 1.57 bits per heavy atom. The quantitative estimate of drug-likeness (QED) is 0.760. The van der Waals surface area contributed by atoms with Gasteiger partial charge < -0.3 is 15.4 Å². The number of aromatic hydroxyl groups is 1. The Balaban J connectivity index is 2.53. The highest BCUT2D eigenvalue weighted by atomic mass is 16.3. The smallest absolute Gasteiger partial charge is 0.256 e. The first kappa shape index (κ1) is 17.1. The van der Waals surface area contributed by atoms with E-state index >= 15 is 0 Å². The van der Waals surface area contributed by atoms with E-state index in [2.05, 4.69) is 10.3 Å². The minimum atomic E-state index is -0.257. The number of H-pyrrole nitrogens is 1. The topological polar surface area (TPSA) is 65.1 Å². The van der Waals surface area contributed by atoms with Gasteiger partial charge in [-0.05, 0) is 35.1 Å². The van der Waals surface area contributed by atoms with E-state index in [0.717, 1.165) is 11.1 Å². The number of hydrogen-bond acceptors (Lipinski definition) is 2. The summed E-state index contributed by atoms with van der Waals surface area (Å²) in [5.41, 5.74) is 1.59. The van der Waals surface area contributed by atoms with E-state index in [0.29, 0.717) is 11.4 Å². The molecule has 0 bridgehead atoms. The number of phenolic OH excluding ortho intramolecular Hbond substituents is 1. The molecule has 1 amide bonds. The van der Waals surface area contributed by atoms with Crippen LogP contribution in [0.5, 0.6) is 5.75 Å². The highest BCUT2D eigenvalue weighted by molar-refractivity contribution is 6.04. The number of phenols is 1. The number of anilines is 1. The van der Waals surface area contributed by atoms with Gasteiger partial charge in [-0.15, -0.1) is 0 Å². The van der Waals surface area contributed by atoms with Crippen molar-refractivity contribution in [1.82, 2.24) is 4.98 Å². The van der Waals surface area contributed by atoms with Crippen LogP contribution < -0.4 is 5.32 Å². The molecule has 0 aliphatic heterocycles. The van der Waals surface area contributed by atoms with Gasteiger partial charge >= 0.3 is 0 Å². The number of carbonyl (C=O) groups excluding carboxylic acids is 1. The normalized spacial score (nSPS) is 12.3. The average molecular weight is 314 g/mol. The molecule has 0 radical (unpaired) electrons. The Bertz CT molecular complexity index is 667. The van der Waals surface area contributed by atoms with Gasteiger partial charge in [-0.2, -0.15) is 0 Å². The maximum atomic E-state index is 12.6. The lowest BCUT2D eigenvalue weighted by molar-refractivity contribution is 0.102. The van der Waals surface area contributed by atoms with E-state index in [1.807, 2.05) is 47.6 Å². The van der Waals surface area contributed by atoms with Crippen molar-refractivity contribution in [2.75, 3.05) is 5.32 Å². The van der Waals surface area contributed by atoms with E-state index in [-0.39, 0.29) is 22.5 Å². The highest BCUT2D eigenvalue weighted by Gasteiger charge is 2.27. The molecule has 1 heterocycles. The van der Waals surface area contributed by atoms with Gasteiger partial charge in [-0.25, -0.2) is 0 Å². The summed E-state index contributed by atoms with van der Waals surface area (Å²) in [4.78, 5) is 15.5. The minimum absolute atomic E-state index is 0.191. The number of rotatable bonds is 2. The highest BCUT2D eigenvalue weighted by Crippen LogP contribution is 2.39. The van der Waals surface area contributed by atoms with Crippen molar-refractivity contribution >= 4 is 11.7 Å². The summed E-state index contributed by atoms with van der Waals surface area (Å²) in [6.45, 7) is 12.2. The van der Waals surface area contributed by atoms with Crippen molar-refractivity contribution in [2.24, 2.45) is 0 Å². The number of amides is 1. The number of hydrogen-bond donors (Lipinski definition) is 3. The fourth-order valence-electron chi connectivity index (χ4n) is 2.51. The van der Waals surface area contributed by atoms with Crippen molar-refractivity contribution < 1.29 is 9.90 Å². The van der Waals surface area contributed by atoms with Gasteiger partial charge in [0.1, 0.15) is 11.6 Å². The predicted octanol–water partition coefficient (Wildman–Crippen LogP) is 4.57. The van der Waals surface area contributed by atoms with Crippen LogP contribution in [0.3, 0.4) is 0 Å². The lowest BCUT2D eigenvalue weighted by Gasteiger charge is -2.28. The van der Waals surface area contributed by atoms with Gasteiger partial charge in [0.2, 0.25) is 0 Å². The van der Waals surface area contributed by atoms with E-state index < -0.39 is 0 Å². The Hall–Kier alpha value is -2.23. The molecule has 124 valence electrons. The first-order valence-electron chi connectivity index (χ1n) is 7.83. The Morgan fingerprint density at radius 1 is 1.04 bits per heavy atom. The summed E-state index contributed by atoms with van der Waals surface area (Å²) in [6.07, 6.45) is 1.76. The van der Waals surface area contributed by atoms with Gasteiger partial charge in [0.05, 0.1) is 0 Å². The molecule has 0 unspecified atom stereocenters. The van der Waals surface area contributed by atoms with Crippen LogP contribution in [-0.2, 0) is 10.8 Å². The summed E-state index contributed by atoms with van der Waals surface area (Å²) in [5, 5.41) is 13.5. The van der Waals surface area contributed by atoms with Crippen LogP contribution >= 0.6 is 0 Å². The van der Waals surface area contributed by atoms with Gasteiger partial charge in [-0.1, -0.05) is 41.5 Å². The largest absolute Gasteiger partial charge is 0.507 e. The molecule has 4 nitrogen and oxygen atoms in total. The standard InChI is InChI=1S/C19H26N2O2/c1-18(2,3)13-10-12(11-14(16(13)22)19(4,5)6)17(23)21-15-8-7-9-20-15/h7-11,20,22H,1-6H3,(H,21,23). The molecule has 23 heavy (non-hydrogen) atoms. The molecule has 4 heteroatoms. The zero-order valence-corrected chi connectivity index (χ0v) is 14.7. The molecule has 0 aliphatic rings. The second-order valence-electron chi connectivity index (χ2n) is 7.96. The molecule has 1 aromatic heterocycles. The molecule has 0 saturated heterocycles. The Labute approximate surface area is 137 Å². The fraction of sp³-hybridized carbons (Fsp3) is 0.421. The molecule has 2 aromatic rings. The number of benzene rings is 1. The second-order valence-corrected chi connectivity index (χ2v) is 7.96. The lowest BCUT2D eigenvalue weighted by Crippen LogP contribution is -2.20. The summed E-state index contributed by atoms with van der Waals surface area (Å²) in [7, 11) is 0. The molecule has 0 atom stereocenters. The third kappa shape index (κ3) is 3.76. The van der Waals surface area contributed by atoms with Crippen molar-refractivity contribution in [3.8, 4) is 5.75 Å². The maximum absolute atomic E-state index is 12.6. The molecule has 0 saturated carbocycles. The van der Waals surface area contributed by atoms with E-state index in [1.54, 1.807) is 24.4 Å². The van der Waals surface area contributed by atoms with Gasteiger partial charge in [0.15, 0.2) is 0 Å². The fourth-order valence-corrected chi connectivity index (χ4v) is 2.51. The minimum Gasteiger partial charge on any atom is -0.507 e. The number of carbonyl (C=O) groups is 1. The van der Waals surface area contributed by atoms with Crippen LogP contribution in [0.4, 0.5) is 5.82 Å². The van der Waals surface area contributed by atoms with Gasteiger partial charge in [0.25, 0.3) is 5.91 Å². The Morgan fingerprint density at radius 3 is 1.96 bits per heavy atom. The second kappa shape index (κ2) is 5.76. The van der Waals surface area contributed by atoms with Crippen molar-refractivity contribution in [1.29, 1.82) is 0 Å². The number of aromatic amines is 1. The summed E-state index contributed by atoms with van der Waals surface area (Å²) in [6, 6.07) is 7.19. The Kier molecular flexibility index (Phi) is 4.29. The van der Waals surface area contributed by atoms with E-state index in [4.69, 9.17) is 0 Å². The molecule has 0 aliphatic carbocycles. The first-order chi connectivity index (χ1) is 10.5. The number of nitrogens with one attached hydrogen (secondary N) is 2. The van der Waals surface area contributed by atoms with Gasteiger partial charge in [-0.3, -0.25) is 4.79 Å². The molecule has 1 aromatic carbocycles. The predicted molar refractivity (Wildman–Crippen MR) is 94.3 cm³/mol.